The molecular weight excluding hydrogens is 241 g/mol. The topological polar surface area (TPSA) is 9.23 Å². The molecular formula is C14H15F3O. The van der Waals surface area contributed by atoms with Crippen molar-refractivity contribution in [3.8, 4) is 0 Å². The van der Waals surface area contributed by atoms with Crippen LogP contribution in [0.15, 0.2) is 49.1 Å². The molecule has 0 aliphatic rings. The van der Waals surface area contributed by atoms with Crippen molar-refractivity contribution in [2.45, 2.75) is 18.7 Å². The number of ether oxygens (including phenoxy) is 1. The minimum Gasteiger partial charge on any atom is -0.364 e. The van der Waals surface area contributed by atoms with Crippen LogP contribution in [0.1, 0.15) is 12.0 Å². The molecule has 18 heavy (non-hydrogen) atoms. The van der Waals surface area contributed by atoms with Crippen LogP contribution in [0.5, 0.6) is 0 Å². The van der Waals surface area contributed by atoms with Crippen LogP contribution in [-0.4, -0.2) is 18.9 Å². The van der Waals surface area contributed by atoms with Gasteiger partial charge in [0.05, 0.1) is 6.10 Å². The van der Waals surface area contributed by atoms with Crippen molar-refractivity contribution >= 4 is 6.08 Å². The molecule has 1 aromatic carbocycles. The van der Waals surface area contributed by atoms with Crippen LogP contribution in [0.25, 0.3) is 6.08 Å². The maximum Gasteiger partial charge on any atom is 0.411 e. The molecule has 1 rings (SSSR count). The van der Waals surface area contributed by atoms with Crippen molar-refractivity contribution in [2.75, 3.05) is 6.61 Å². The largest absolute Gasteiger partial charge is 0.411 e. The van der Waals surface area contributed by atoms with Gasteiger partial charge in [-0.25, -0.2) is 0 Å². The van der Waals surface area contributed by atoms with Crippen LogP contribution in [-0.2, 0) is 4.74 Å². The lowest BCUT2D eigenvalue weighted by atomic mass is 10.1. The molecule has 1 aromatic rings. The van der Waals surface area contributed by atoms with Crippen LogP contribution < -0.4 is 0 Å². The van der Waals surface area contributed by atoms with E-state index in [-0.39, 0.29) is 0 Å². The van der Waals surface area contributed by atoms with Crippen molar-refractivity contribution in [1.29, 1.82) is 0 Å². The molecule has 1 atom stereocenters. The van der Waals surface area contributed by atoms with E-state index < -0.39 is 18.9 Å². The van der Waals surface area contributed by atoms with E-state index in [9.17, 15) is 13.2 Å². The highest BCUT2D eigenvalue weighted by Gasteiger charge is 2.28. The Kier molecular flexibility index (Phi) is 5.65. The summed E-state index contributed by atoms with van der Waals surface area (Å²) in [5.41, 5.74) is 0.919. The second-order valence-corrected chi connectivity index (χ2v) is 3.76. The average Bonchev–Trinajstić information content (AvgIpc) is 2.33. The van der Waals surface area contributed by atoms with Crippen LogP contribution in [0.3, 0.4) is 0 Å². The fourth-order valence-corrected chi connectivity index (χ4v) is 1.35. The summed E-state index contributed by atoms with van der Waals surface area (Å²) in [7, 11) is 0. The maximum absolute atomic E-state index is 12.0. The Morgan fingerprint density at radius 1 is 1.22 bits per heavy atom. The Balaban J connectivity index is 2.57. The van der Waals surface area contributed by atoms with Gasteiger partial charge in [-0.15, -0.1) is 6.58 Å². The van der Waals surface area contributed by atoms with E-state index in [0.717, 1.165) is 5.56 Å². The van der Waals surface area contributed by atoms with Gasteiger partial charge in [0.1, 0.15) is 6.61 Å². The first-order chi connectivity index (χ1) is 8.51. The van der Waals surface area contributed by atoms with Gasteiger partial charge in [0.2, 0.25) is 0 Å². The van der Waals surface area contributed by atoms with Crippen molar-refractivity contribution < 1.29 is 17.9 Å². The van der Waals surface area contributed by atoms with Gasteiger partial charge in [-0.1, -0.05) is 48.6 Å². The summed E-state index contributed by atoms with van der Waals surface area (Å²) < 4.78 is 40.9. The third-order valence-electron chi connectivity index (χ3n) is 2.16. The molecule has 0 fully saturated rings. The van der Waals surface area contributed by atoms with Crippen LogP contribution >= 0.6 is 0 Å². The number of halogens is 3. The summed E-state index contributed by atoms with van der Waals surface area (Å²) in [4.78, 5) is 0. The molecule has 0 aliphatic carbocycles. The van der Waals surface area contributed by atoms with E-state index in [1.807, 2.05) is 30.3 Å². The highest BCUT2D eigenvalue weighted by molar-refractivity contribution is 5.49. The van der Waals surface area contributed by atoms with Crippen molar-refractivity contribution in [3.05, 3.63) is 54.6 Å². The van der Waals surface area contributed by atoms with Gasteiger partial charge in [-0.3, -0.25) is 0 Å². The van der Waals surface area contributed by atoms with Gasteiger partial charge < -0.3 is 4.74 Å². The van der Waals surface area contributed by atoms with Gasteiger partial charge >= 0.3 is 6.18 Å². The third-order valence-corrected chi connectivity index (χ3v) is 2.16. The Bertz CT molecular complexity index is 382. The molecule has 0 spiro atoms. The molecule has 1 nitrogen and oxygen atoms in total. The van der Waals surface area contributed by atoms with Crippen molar-refractivity contribution in [3.63, 3.8) is 0 Å². The van der Waals surface area contributed by atoms with E-state index in [4.69, 9.17) is 4.74 Å². The van der Waals surface area contributed by atoms with E-state index in [1.54, 1.807) is 12.2 Å². The van der Waals surface area contributed by atoms with Crippen molar-refractivity contribution in [2.24, 2.45) is 0 Å². The number of hydrogen-bond acceptors (Lipinski definition) is 1. The Labute approximate surface area is 105 Å². The highest BCUT2D eigenvalue weighted by atomic mass is 19.4. The predicted molar refractivity (Wildman–Crippen MR) is 66.1 cm³/mol. The number of hydrogen-bond donors (Lipinski definition) is 0. The standard InChI is InChI=1S/C14H15F3O/c1-2-6-13(18-11-14(15,16)17)10-9-12-7-4-3-5-8-12/h2-5,7-10,13H,1,6,11H2/b10-9+. The van der Waals surface area contributed by atoms with Gasteiger partial charge in [0, 0.05) is 0 Å². The van der Waals surface area contributed by atoms with Crippen LogP contribution in [0.2, 0.25) is 0 Å². The van der Waals surface area contributed by atoms with Crippen LogP contribution in [0.4, 0.5) is 13.2 Å². The van der Waals surface area contributed by atoms with Crippen LogP contribution in [0, 0.1) is 0 Å². The zero-order valence-corrected chi connectivity index (χ0v) is 9.86. The average molecular weight is 256 g/mol. The molecule has 0 saturated heterocycles. The van der Waals surface area contributed by atoms with Gasteiger partial charge in [-0.05, 0) is 12.0 Å². The molecule has 1 unspecified atom stereocenters. The number of alkyl halides is 3. The quantitative estimate of drug-likeness (QED) is 0.692. The van der Waals surface area contributed by atoms with E-state index in [1.165, 1.54) is 6.08 Å². The predicted octanol–water partition coefficient (Wildman–Crippen LogP) is 4.22. The summed E-state index contributed by atoms with van der Waals surface area (Å²) >= 11 is 0. The fraction of sp³-hybridized carbons (Fsp3) is 0.286. The monoisotopic (exact) mass is 256 g/mol. The second-order valence-electron chi connectivity index (χ2n) is 3.76. The fourth-order valence-electron chi connectivity index (χ4n) is 1.35. The second kappa shape index (κ2) is 7.01. The minimum absolute atomic E-state index is 0.347. The van der Waals surface area contributed by atoms with Crippen molar-refractivity contribution in [1.82, 2.24) is 0 Å². The minimum atomic E-state index is -4.31. The molecule has 0 radical (unpaired) electrons. The third kappa shape index (κ3) is 6.25. The lowest BCUT2D eigenvalue weighted by Gasteiger charge is -2.14. The summed E-state index contributed by atoms with van der Waals surface area (Å²) in [5, 5.41) is 0. The molecule has 0 heterocycles. The van der Waals surface area contributed by atoms with E-state index >= 15 is 0 Å². The Hall–Kier alpha value is -1.55. The number of benzene rings is 1. The summed E-state index contributed by atoms with van der Waals surface area (Å²) in [6.07, 6.45) is 0.327. The lowest BCUT2D eigenvalue weighted by Crippen LogP contribution is -2.21. The van der Waals surface area contributed by atoms with E-state index in [2.05, 4.69) is 6.58 Å². The molecule has 0 amide bonds. The molecule has 0 saturated carbocycles. The van der Waals surface area contributed by atoms with E-state index in [0.29, 0.717) is 6.42 Å². The first kappa shape index (κ1) is 14.5. The summed E-state index contributed by atoms with van der Waals surface area (Å²) in [6.45, 7) is 2.26. The Morgan fingerprint density at radius 2 is 1.89 bits per heavy atom. The molecule has 0 bridgehead atoms. The zero-order chi connectivity index (χ0) is 13.4. The molecule has 0 N–H and O–H groups in total. The molecule has 98 valence electrons. The van der Waals surface area contributed by atoms with Gasteiger partial charge in [0.15, 0.2) is 0 Å². The highest BCUT2D eigenvalue weighted by Crippen LogP contribution is 2.17. The molecule has 0 aliphatic heterocycles. The normalized spacial score (nSPS) is 13.7. The van der Waals surface area contributed by atoms with Gasteiger partial charge in [0.25, 0.3) is 0 Å². The summed E-state index contributed by atoms with van der Waals surface area (Å²) in [6, 6.07) is 9.33. The first-order valence-electron chi connectivity index (χ1n) is 5.54. The SMILES string of the molecule is C=CCC(/C=C/c1ccccc1)OCC(F)(F)F. The van der Waals surface area contributed by atoms with Gasteiger partial charge in [-0.2, -0.15) is 13.2 Å². The number of rotatable bonds is 6. The molecule has 0 aromatic heterocycles. The Morgan fingerprint density at radius 3 is 2.44 bits per heavy atom. The maximum atomic E-state index is 12.0. The lowest BCUT2D eigenvalue weighted by molar-refractivity contribution is -0.180. The smallest absolute Gasteiger partial charge is 0.364 e. The molecule has 4 heteroatoms. The zero-order valence-electron chi connectivity index (χ0n) is 9.86. The first-order valence-corrected chi connectivity index (χ1v) is 5.54. The summed E-state index contributed by atoms with van der Waals surface area (Å²) in [5.74, 6) is 0.